The Bertz CT molecular complexity index is 1410. The second-order valence-corrected chi connectivity index (χ2v) is 8.65. The van der Waals surface area contributed by atoms with Gasteiger partial charge in [0.25, 0.3) is 0 Å². The lowest BCUT2D eigenvalue weighted by Gasteiger charge is -2.37. The number of hydrogen-bond acceptors (Lipinski definition) is 4. The lowest BCUT2D eigenvalue weighted by atomic mass is 9.77. The first-order valence-electron chi connectivity index (χ1n) is 11.8. The Hall–Kier alpha value is -4.05. The minimum absolute atomic E-state index is 0.313. The average Bonchev–Trinajstić information content (AvgIpc) is 3.18. The molecule has 2 heterocycles. The first-order valence-corrected chi connectivity index (χ1v) is 11.8. The van der Waals surface area contributed by atoms with Gasteiger partial charge in [0.05, 0.1) is 5.56 Å². The topological polar surface area (TPSA) is 38.8 Å². The Morgan fingerprint density at radius 3 is 2.26 bits per heavy atom. The molecular formula is C30H25NO3. The zero-order chi connectivity index (χ0) is 23.3. The van der Waals surface area contributed by atoms with Crippen molar-refractivity contribution in [3.8, 4) is 22.6 Å². The molecule has 0 aliphatic carbocycles. The molecule has 4 nitrogen and oxygen atoms in total. The molecule has 4 heteroatoms. The molecule has 2 aliphatic heterocycles. The standard InChI is InChI=1S/C30H25NO3/c1-3-31(4-2)22-15-16-25-28(19-22)33-27-17-14-21(20-10-6-5-7-11-20)18-26(27)30(25)24-13-9-8-12-23(24)29(32)34-30/h5-19H,3-4H2,1-2H3. The zero-order valence-electron chi connectivity index (χ0n) is 19.2. The van der Waals surface area contributed by atoms with Crippen molar-refractivity contribution >= 4 is 11.7 Å². The average molecular weight is 448 g/mol. The van der Waals surface area contributed by atoms with E-state index in [1.165, 1.54) is 0 Å². The number of fused-ring (bicyclic) bond motifs is 6. The van der Waals surface area contributed by atoms with Crippen LogP contribution in [0, 0.1) is 0 Å². The third-order valence-corrected chi connectivity index (χ3v) is 6.93. The minimum atomic E-state index is -1.05. The normalized spacial score (nSPS) is 17.4. The number of hydrogen-bond donors (Lipinski definition) is 0. The number of anilines is 1. The first-order chi connectivity index (χ1) is 16.7. The monoisotopic (exact) mass is 447 g/mol. The molecule has 0 saturated heterocycles. The SMILES string of the molecule is CCN(CC)c1ccc2c(c1)Oc1ccc(-c3ccccc3)cc1C21OC(=O)c2ccccc21. The highest BCUT2D eigenvalue weighted by molar-refractivity contribution is 5.97. The smallest absolute Gasteiger partial charge is 0.340 e. The second-order valence-electron chi connectivity index (χ2n) is 8.65. The number of carbonyl (C=O) groups is 1. The Morgan fingerprint density at radius 2 is 1.47 bits per heavy atom. The zero-order valence-corrected chi connectivity index (χ0v) is 19.2. The number of carbonyl (C=O) groups excluding carboxylic acids is 1. The van der Waals surface area contributed by atoms with E-state index in [-0.39, 0.29) is 5.97 Å². The molecular weight excluding hydrogens is 422 g/mol. The lowest BCUT2D eigenvalue weighted by molar-refractivity contribution is 0.0224. The van der Waals surface area contributed by atoms with E-state index in [1.807, 2.05) is 48.5 Å². The van der Waals surface area contributed by atoms with Crippen LogP contribution in [0.3, 0.4) is 0 Å². The van der Waals surface area contributed by atoms with Crippen molar-refractivity contribution in [1.82, 2.24) is 0 Å². The fourth-order valence-electron chi connectivity index (χ4n) is 5.26. The molecule has 0 saturated carbocycles. The van der Waals surface area contributed by atoms with E-state index in [0.717, 1.165) is 46.6 Å². The molecule has 6 rings (SSSR count). The predicted molar refractivity (Wildman–Crippen MR) is 134 cm³/mol. The third-order valence-electron chi connectivity index (χ3n) is 6.93. The van der Waals surface area contributed by atoms with Crippen molar-refractivity contribution in [3.05, 3.63) is 113 Å². The molecule has 0 radical (unpaired) electrons. The van der Waals surface area contributed by atoms with Crippen LogP contribution >= 0.6 is 0 Å². The number of rotatable bonds is 4. The van der Waals surface area contributed by atoms with E-state index in [1.54, 1.807) is 0 Å². The second kappa shape index (κ2) is 7.77. The maximum atomic E-state index is 13.1. The van der Waals surface area contributed by atoms with Crippen LogP contribution in [0.4, 0.5) is 5.69 Å². The van der Waals surface area contributed by atoms with Gasteiger partial charge in [0, 0.05) is 41.5 Å². The van der Waals surface area contributed by atoms with Gasteiger partial charge in [-0.15, -0.1) is 0 Å². The minimum Gasteiger partial charge on any atom is -0.456 e. The molecule has 168 valence electrons. The van der Waals surface area contributed by atoms with Gasteiger partial charge in [-0.05, 0) is 55.3 Å². The van der Waals surface area contributed by atoms with Gasteiger partial charge in [-0.2, -0.15) is 0 Å². The molecule has 0 bridgehead atoms. The molecule has 4 aromatic rings. The Labute approximate surface area is 199 Å². The van der Waals surface area contributed by atoms with E-state index in [2.05, 4.69) is 61.2 Å². The van der Waals surface area contributed by atoms with E-state index in [4.69, 9.17) is 9.47 Å². The summed E-state index contributed by atoms with van der Waals surface area (Å²) in [5, 5.41) is 0. The Morgan fingerprint density at radius 1 is 0.706 bits per heavy atom. The van der Waals surface area contributed by atoms with Gasteiger partial charge < -0.3 is 14.4 Å². The summed E-state index contributed by atoms with van der Waals surface area (Å²) < 4.78 is 12.8. The fourth-order valence-corrected chi connectivity index (χ4v) is 5.26. The molecule has 0 fully saturated rings. The maximum Gasteiger partial charge on any atom is 0.340 e. The molecule has 0 N–H and O–H groups in total. The molecule has 1 spiro atoms. The summed E-state index contributed by atoms with van der Waals surface area (Å²) in [7, 11) is 0. The summed E-state index contributed by atoms with van der Waals surface area (Å²) in [5.74, 6) is 1.11. The van der Waals surface area contributed by atoms with Crippen LogP contribution in [0.1, 0.15) is 40.9 Å². The third kappa shape index (κ3) is 2.88. The van der Waals surface area contributed by atoms with Crippen LogP contribution in [0.15, 0.2) is 91.0 Å². The van der Waals surface area contributed by atoms with E-state index < -0.39 is 5.60 Å². The van der Waals surface area contributed by atoms with Crippen LogP contribution in [0.5, 0.6) is 11.5 Å². The molecule has 1 unspecified atom stereocenters. The molecule has 34 heavy (non-hydrogen) atoms. The Balaban J connectivity index is 1.62. The van der Waals surface area contributed by atoms with Crippen molar-refractivity contribution < 1.29 is 14.3 Å². The van der Waals surface area contributed by atoms with Gasteiger partial charge in [-0.25, -0.2) is 4.79 Å². The van der Waals surface area contributed by atoms with Crippen LogP contribution in [-0.4, -0.2) is 19.1 Å². The quantitative estimate of drug-likeness (QED) is 0.324. The molecule has 2 aliphatic rings. The maximum absolute atomic E-state index is 13.1. The highest BCUT2D eigenvalue weighted by atomic mass is 16.6. The molecule has 0 aromatic heterocycles. The van der Waals surface area contributed by atoms with Gasteiger partial charge in [0.2, 0.25) is 0 Å². The van der Waals surface area contributed by atoms with Crippen molar-refractivity contribution in [3.63, 3.8) is 0 Å². The molecule has 1 atom stereocenters. The van der Waals surface area contributed by atoms with Crippen LogP contribution in [0.25, 0.3) is 11.1 Å². The summed E-state index contributed by atoms with van der Waals surface area (Å²) in [4.78, 5) is 15.4. The van der Waals surface area contributed by atoms with Crippen LogP contribution in [0.2, 0.25) is 0 Å². The number of esters is 1. The van der Waals surface area contributed by atoms with Crippen molar-refractivity contribution in [2.45, 2.75) is 19.4 Å². The van der Waals surface area contributed by atoms with Crippen molar-refractivity contribution in [2.24, 2.45) is 0 Å². The van der Waals surface area contributed by atoms with Crippen LogP contribution < -0.4 is 9.64 Å². The summed E-state index contributed by atoms with van der Waals surface area (Å²) in [6, 6.07) is 30.2. The van der Waals surface area contributed by atoms with Gasteiger partial charge in [-0.3, -0.25) is 0 Å². The highest BCUT2D eigenvalue weighted by Gasteiger charge is 2.53. The predicted octanol–water partition coefficient (Wildman–Crippen LogP) is 6.77. The first kappa shape index (κ1) is 20.5. The van der Waals surface area contributed by atoms with E-state index in [9.17, 15) is 4.79 Å². The number of nitrogens with zero attached hydrogens (tertiary/aromatic N) is 1. The van der Waals surface area contributed by atoms with Gasteiger partial charge in [0.15, 0.2) is 5.60 Å². The molecule has 0 amide bonds. The lowest BCUT2D eigenvalue weighted by Crippen LogP contribution is -2.33. The van der Waals surface area contributed by atoms with E-state index >= 15 is 0 Å². The van der Waals surface area contributed by atoms with E-state index in [0.29, 0.717) is 17.1 Å². The van der Waals surface area contributed by atoms with Gasteiger partial charge >= 0.3 is 5.97 Å². The van der Waals surface area contributed by atoms with Gasteiger partial charge in [-0.1, -0.05) is 54.6 Å². The number of benzene rings is 4. The molecule has 4 aromatic carbocycles. The largest absolute Gasteiger partial charge is 0.456 e. The van der Waals surface area contributed by atoms with Gasteiger partial charge in [0.1, 0.15) is 11.5 Å². The highest BCUT2D eigenvalue weighted by Crippen LogP contribution is 2.57. The number of ether oxygens (including phenoxy) is 2. The summed E-state index contributed by atoms with van der Waals surface area (Å²) >= 11 is 0. The summed E-state index contributed by atoms with van der Waals surface area (Å²) in [5.41, 5.74) is 5.32. The summed E-state index contributed by atoms with van der Waals surface area (Å²) in [6.45, 7) is 6.08. The van der Waals surface area contributed by atoms with Crippen molar-refractivity contribution in [1.29, 1.82) is 0 Å². The Kier molecular flexibility index (Phi) is 4.70. The summed E-state index contributed by atoms with van der Waals surface area (Å²) in [6.07, 6.45) is 0. The van der Waals surface area contributed by atoms with Crippen molar-refractivity contribution in [2.75, 3.05) is 18.0 Å². The fraction of sp³-hybridized carbons (Fsp3) is 0.167. The van der Waals surface area contributed by atoms with Crippen LogP contribution in [-0.2, 0) is 10.3 Å².